The Hall–Kier alpha value is -16.3. The highest BCUT2D eigenvalue weighted by molar-refractivity contribution is 7.28. The van der Waals surface area contributed by atoms with Crippen LogP contribution in [0.5, 0.6) is 0 Å². The number of fused-ring (bicyclic) bond motifs is 35. The second-order valence-corrected chi connectivity index (χ2v) is 38.0. The fraction of sp³-hybridized carbons (Fsp3) is 0. The lowest BCUT2D eigenvalue weighted by Crippen LogP contribution is -1.99. The highest BCUT2D eigenvalue weighted by Crippen LogP contribution is 2.53. The van der Waals surface area contributed by atoms with Gasteiger partial charge in [-0.3, -0.25) is 4.98 Å². The Labute approximate surface area is 771 Å². The molecule has 7 nitrogen and oxygen atoms in total. The predicted molar refractivity (Wildman–Crippen MR) is 566 cm³/mol. The van der Waals surface area contributed by atoms with E-state index in [2.05, 4.69) is 388 Å². The first-order valence-electron chi connectivity index (χ1n) is 44.4. The summed E-state index contributed by atoms with van der Waals surface area (Å²) in [6.07, 6.45) is 2.02. The number of thiophene rings is 4. The van der Waals surface area contributed by atoms with Crippen LogP contribution in [0.3, 0.4) is 0 Å². The molecule has 0 saturated carbocycles. The molecule has 0 saturated heterocycles. The van der Waals surface area contributed by atoms with Gasteiger partial charge in [-0.25, -0.2) is 29.9 Å². The zero-order valence-corrected chi connectivity index (χ0v) is 73.9. The van der Waals surface area contributed by atoms with Gasteiger partial charge in [-0.15, -0.1) is 45.3 Å². The van der Waals surface area contributed by atoms with Crippen LogP contribution < -0.4 is 0 Å². The van der Waals surface area contributed by atoms with Gasteiger partial charge in [0.25, 0.3) is 0 Å². The van der Waals surface area contributed by atoms with Crippen LogP contribution in [0.25, 0.3) is 279 Å². The average molecular weight is 1750 g/mol. The van der Waals surface area contributed by atoms with Crippen molar-refractivity contribution in [2.45, 2.75) is 0 Å². The van der Waals surface area contributed by atoms with Crippen molar-refractivity contribution >= 4 is 245 Å². The maximum Gasteiger partial charge on any atom is 0.179 e. The molecule has 29 aromatic rings. The molecular formula is C121H69N7S4. The number of hydrogen-bond donors (Lipinski definition) is 0. The summed E-state index contributed by atoms with van der Waals surface area (Å²) < 4.78 is 10.5. The highest BCUT2D eigenvalue weighted by Gasteiger charge is 2.27. The van der Waals surface area contributed by atoms with Crippen molar-refractivity contribution in [1.29, 1.82) is 0 Å². The molecule has 0 bridgehead atoms. The topological polar surface area (TPSA) is 90.2 Å². The molecule has 0 radical (unpaired) electrons. The van der Waals surface area contributed by atoms with E-state index in [1.54, 1.807) is 0 Å². The lowest BCUT2D eigenvalue weighted by Gasteiger charge is -2.17. The molecule has 0 N–H and O–H groups in total. The quantitative estimate of drug-likeness (QED) is 0.147. The van der Waals surface area contributed by atoms with E-state index in [-0.39, 0.29) is 0 Å². The van der Waals surface area contributed by atoms with Gasteiger partial charge in [0, 0.05) is 174 Å². The van der Waals surface area contributed by atoms with Crippen molar-refractivity contribution in [2.75, 3.05) is 0 Å². The molecule has 0 unspecified atom stereocenters. The normalized spacial score (nSPS) is 11.9. The van der Waals surface area contributed by atoms with Gasteiger partial charge in [-0.1, -0.05) is 352 Å². The summed E-state index contributed by atoms with van der Waals surface area (Å²) in [6, 6.07) is 147. The van der Waals surface area contributed by atoms with Gasteiger partial charge in [0.15, 0.2) is 11.6 Å². The molecule has 0 fully saturated rings. The summed E-state index contributed by atoms with van der Waals surface area (Å²) in [4.78, 5) is 37.1. The molecule has 0 amide bonds. The van der Waals surface area contributed by atoms with Crippen molar-refractivity contribution < 1.29 is 0 Å². The lowest BCUT2D eigenvalue weighted by atomic mass is 9.90. The minimum absolute atomic E-state index is 0.639. The van der Waals surface area contributed by atoms with Crippen LogP contribution in [0, 0.1) is 0 Å². The molecule has 0 aliphatic rings. The van der Waals surface area contributed by atoms with Gasteiger partial charge < -0.3 is 0 Å². The van der Waals surface area contributed by atoms with E-state index >= 15 is 0 Å². The average Bonchev–Trinajstić information content (AvgIpc) is 1.47. The van der Waals surface area contributed by atoms with Gasteiger partial charge in [0.2, 0.25) is 0 Å². The Morgan fingerprint density at radius 1 is 0.167 bits per heavy atom. The van der Waals surface area contributed by atoms with Gasteiger partial charge in [-0.05, 0) is 109 Å². The Balaban J connectivity index is 0.000000102. The second kappa shape index (κ2) is 30.7. The largest absolute Gasteiger partial charge is 0.256 e. The molecule has 612 valence electrons. The van der Waals surface area contributed by atoms with Crippen LogP contribution in [0.1, 0.15) is 0 Å². The molecule has 0 spiro atoms. The third-order valence-electron chi connectivity index (χ3n) is 26.4. The van der Waals surface area contributed by atoms with Crippen LogP contribution >= 0.6 is 45.3 Å². The number of nitrogens with zero attached hydrogens (tertiary/aromatic N) is 7. The minimum atomic E-state index is 0.639. The van der Waals surface area contributed by atoms with E-state index in [1.807, 2.05) is 75.8 Å². The maximum absolute atomic E-state index is 5.59. The molecule has 9 heterocycles. The van der Waals surface area contributed by atoms with Crippen LogP contribution in [-0.4, -0.2) is 34.9 Å². The van der Waals surface area contributed by atoms with E-state index in [0.717, 1.165) is 128 Å². The number of rotatable bonds is 7. The first-order chi connectivity index (χ1) is 65.5. The molecule has 0 aliphatic heterocycles. The van der Waals surface area contributed by atoms with Crippen molar-refractivity contribution in [2.24, 2.45) is 0 Å². The third-order valence-corrected chi connectivity index (χ3v) is 31.2. The van der Waals surface area contributed by atoms with Crippen molar-refractivity contribution in [3.05, 3.63) is 419 Å². The lowest BCUT2D eigenvalue weighted by molar-refractivity contribution is 1.20. The Morgan fingerprint density at radius 3 is 1.08 bits per heavy atom. The molecule has 132 heavy (non-hydrogen) atoms. The SMILES string of the molecule is c1ccc(-c2cc(-c3ccccc3)c(-c3nc4c5ccccc5c5sc6ccccc6c5c4c4ccccc34)cn2)cc1.c1ccc(-c2nc(-c3nc4c5ccccc5c5sc6ccccc6c5c4c4ccccc34)nc3ccccc23)cc1.c1ccc2c(-c3ccc4sc5ccccc5c4c3)nc(-c3cc4c5ccccc5c5sc6ccccc6c5c4c4ccccc34)nc2c1. The standard InChI is InChI=1S/C44H24N2S2.C40H24N2S.C37H21N3S/c1-3-14-29-26(11-1)35(24-34-27-12-2-4-15-30(27)43-41(40(29)34)32-17-7-10-20-38(32)48-43)44-45-36-18-8-5-16-31(36)42(46-44)25-21-22-39-33(23-25)28-13-6-9-19-37(28)47-39;1-3-13-25(14-4-1)32-23-34(26-15-5-2-6-16-26)41-24-33(32)38-28-18-8-7-17-27(28)36-37-31-21-11-12-22-35(31)43-40(37)30-20-10-9-19-29(30)39(36)42-38;1-2-12-22(13-3-1)33-27-18-8-10-20-29(27)38-37(40-33)35-24-15-5-4-14-23(24)31-32-28-19-9-11-21-30(28)41-36(32)26-17-7-6-16-25(26)34(31)39-35/h1-24H;1-24H;1-21H. The third kappa shape index (κ3) is 12.1. The second-order valence-electron chi connectivity index (χ2n) is 33.7. The first-order valence-corrected chi connectivity index (χ1v) is 47.7. The summed E-state index contributed by atoms with van der Waals surface area (Å²) in [5, 5.41) is 31.7. The van der Waals surface area contributed by atoms with Crippen LogP contribution in [-0.2, 0) is 0 Å². The summed E-state index contributed by atoms with van der Waals surface area (Å²) in [5.74, 6) is 1.39. The summed E-state index contributed by atoms with van der Waals surface area (Å²) in [7, 11) is 0. The van der Waals surface area contributed by atoms with E-state index in [0.29, 0.717) is 5.82 Å². The van der Waals surface area contributed by atoms with Gasteiger partial charge in [0.05, 0.1) is 44.8 Å². The van der Waals surface area contributed by atoms with E-state index in [4.69, 9.17) is 34.9 Å². The van der Waals surface area contributed by atoms with Gasteiger partial charge in [0.1, 0.15) is 5.69 Å². The fourth-order valence-electron chi connectivity index (χ4n) is 20.5. The smallest absolute Gasteiger partial charge is 0.179 e. The maximum atomic E-state index is 5.59. The van der Waals surface area contributed by atoms with Crippen LogP contribution in [0.2, 0.25) is 0 Å². The number of benzene rings is 20. The number of para-hydroxylation sites is 2. The zero-order valence-electron chi connectivity index (χ0n) is 70.6. The number of hydrogen-bond acceptors (Lipinski definition) is 11. The van der Waals surface area contributed by atoms with Crippen LogP contribution in [0.4, 0.5) is 0 Å². The highest BCUT2D eigenvalue weighted by atomic mass is 32.1. The molecule has 11 heteroatoms. The minimum Gasteiger partial charge on any atom is -0.256 e. The molecule has 0 aliphatic carbocycles. The molecule has 29 rings (SSSR count). The van der Waals surface area contributed by atoms with E-state index in [9.17, 15) is 0 Å². The Bertz CT molecular complexity index is 9900. The molecule has 20 aromatic carbocycles. The van der Waals surface area contributed by atoms with Crippen molar-refractivity contribution in [3.63, 3.8) is 0 Å². The summed E-state index contributed by atoms with van der Waals surface area (Å²) >= 11 is 7.48. The van der Waals surface area contributed by atoms with E-state index < -0.39 is 0 Å². The van der Waals surface area contributed by atoms with Gasteiger partial charge >= 0.3 is 0 Å². The summed E-state index contributed by atoms with van der Waals surface area (Å²) in [6.45, 7) is 0. The van der Waals surface area contributed by atoms with E-state index in [1.165, 1.54) is 145 Å². The molecule has 9 aromatic heterocycles. The Morgan fingerprint density at radius 2 is 0.538 bits per heavy atom. The molecule has 0 atom stereocenters. The van der Waals surface area contributed by atoms with Crippen molar-refractivity contribution in [3.8, 4) is 79.1 Å². The predicted octanol–water partition coefficient (Wildman–Crippen LogP) is 34.7. The molecular weight excluding hydrogens is 1680 g/mol. The Kier molecular flexibility index (Phi) is 17.7. The summed E-state index contributed by atoms with van der Waals surface area (Å²) in [5.41, 5.74) is 16.1. The monoisotopic (exact) mass is 1750 g/mol. The zero-order chi connectivity index (χ0) is 86.6. The van der Waals surface area contributed by atoms with Crippen molar-refractivity contribution in [1.82, 2.24) is 34.9 Å². The fourth-order valence-corrected chi connectivity index (χ4v) is 25.4. The number of aromatic nitrogens is 7. The van der Waals surface area contributed by atoms with Gasteiger partial charge in [-0.2, -0.15) is 0 Å². The number of pyridine rings is 3. The first kappa shape index (κ1) is 75.9. The van der Waals surface area contributed by atoms with Crippen LogP contribution in [0.15, 0.2) is 419 Å².